The Morgan fingerprint density at radius 2 is 2.00 bits per heavy atom. The van der Waals surface area contributed by atoms with Gasteiger partial charge in [0, 0.05) is 6.92 Å². The van der Waals surface area contributed by atoms with Gasteiger partial charge in [0.05, 0.1) is 7.05 Å². The summed E-state index contributed by atoms with van der Waals surface area (Å²) in [5, 5.41) is 8.79. The third-order valence-corrected chi connectivity index (χ3v) is 0.762. The normalized spacial score (nSPS) is 11.6. The van der Waals surface area contributed by atoms with Gasteiger partial charge in [-0.1, -0.05) is 0 Å². The lowest BCUT2D eigenvalue weighted by atomic mass is 10.6. The van der Waals surface area contributed by atoms with Crippen LogP contribution in [-0.4, -0.2) is 18.7 Å². The van der Waals surface area contributed by atoms with E-state index >= 15 is 0 Å². The highest BCUT2D eigenvalue weighted by Gasteiger charge is 1.86. The quantitative estimate of drug-likeness (QED) is 0.318. The average Bonchev–Trinajstić information content (AvgIpc) is 1.65. The fourth-order valence-electron chi connectivity index (χ4n) is 0.329. The Balaban J connectivity index is 3.75. The number of aliphatic imine (C=N–C) groups is 1. The molecule has 0 aliphatic rings. The van der Waals surface area contributed by atoms with Gasteiger partial charge in [0.25, 0.3) is 0 Å². The number of nitrogens with one attached hydrogen (secondary N) is 1. The number of nitrogens with zero attached hydrogens (tertiary/aromatic N) is 1. The van der Waals surface area contributed by atoms with Crippen molar-refractivity contribution in [1.29, 1.82) is 5.41 Å². The first-order chi connectivity index (χ1) is 3.66. The van der Waals surface area contributed by atoms with Crippen molar-refractivity contribution < 1.29 is 5.32 Å². The van der Waals surface area contributed by atoms with Crippen molar-refractivity contribution in [2.24, 2.45) is 4.99 Å². The minimum atomic E-state index is 0.362. The van der Waals surface area contributed by atoms with Gasteiger partial charge in [0.1, 0.15) is 5.84 Å². The maximum atomic E-state index is 6.92. The van der Waals surface area contributed by atoms with Crippen LogP contribution in [0.25, 0.3) is 0 Å². The fraction of sp³-hybridized carbons (Fsp3) is 0.600. The molecule has 0 aliphatic carbocycles. The largest absolute Gasteiger partial charge is 0.304 e. The van der Waals surface area contributed by atoms with Gasteiger partial charge in [0.15, 0.2) is 5.84 Å². The van der Waals surface area contributed by atoms with E-state index in [1.54, 1.807) is 6.92 Å². The molecule has 0 atom stereocenters. The molecule has 0 rings (SSSR count). The highest BCUT2D eigenvalue weighted by molar-refractivity contribution is 5.88. The van der Waals surface area contributed by atoms with Gasteiger partial charge < -0.3 is 5.32 Å². The number of quaternary nitrogens is 1. The summed E-state index contributed by atoms with van der Waals surface area (Å²) in [5.41, 5.74) is 0. The lowest BCUT2D eigenvalue weighted by molar-refractivity contribution is -0.507. The first-order valence-corrected chi connectivity index (χ1v) is 2.56. The lowest BCUT2D eigenvalue weighted by Gasteiger charge is -1.88. The van der Waals surface area contributed by atoms with E-state index in [1.807, 2.05) is 19.3 Å². The Bertz CT molecular complexity index is 115. The number of rotatable bonds is 0. The molecular formula is C5H12N3+. The van der Waals surface area contributed by atoms with E-state index in [2.05, 4.69) is 4.99 Å². The van der Waals surface area contributed by atoms with E-state index in [-0.39, 0.29) is 0 Å². The van der Waals surface area contributed by atoms with Crippen LogP contribution < -0.4 is 5.32 Å². The minimum absolute atomic E-state index is 0.362. The van der Waals surface area contributed by atoms with Crippen molar-refractivity contribution in [2.45, 2.75) is 13.8 Å². The third kappa shape index (κ3) is 3.49. The summed E-state index contributed by atoms with van der Waals surface area (Å²) in [4.78, 5) is 3.84. The number of hydrogen-bond acceptors (Lipinski definition) is 1. The van der Waals surface area contributed by atoms with Crippen LogP contribution >= 0.6 is 0 Å². The van der Waals surface area contributed by atoms with E-state index < -0.39 is 0 Å². The molecule has 0 radical (unpaired) electrons. The second-order valence-corrected chi connectivity index (χ2v) is 1.63. The van der Waals surface area contributed by atoms with Crippen LogP contribution in [0.15, 0.2) is 4.99 Å². The molecule has 3 N–H and O–H groups in total. The molecule has 0 heterocycles. The summed E-state index contributed by atoms with van der Waals surface area (Å²) >= 11 is 0. The molecule has 0 spiro atoms. The molecule has 0 aromatic rings. The van der Waals surface area contributed by atoms with E-state index in [1.165, 1.54) is 0 Å². The minimum Gasteiger partial charge on any atom is -0.304 e. The molecule has 0 saturated carbocycles. The Kier molecular flexibility index (Phi) is 3.03. The van der Waals surface area contributed by atoms with Crippen molar-refractivity contribution in [2.75, 3.05) is 7.05 Å². The zero-order valence-corrected chi connectivity index (χ0v) is 5.52. The van der Waals surface area contributed by atoms with Gasteiger partial charge in [-0.2, -0.15) is 4.99 Å². The Morgan fingerprint density at radius 1 is 1.50 bits per heavy atom. The summed E-state index contributed by atoms with van der Waals surface area (Å²) in [6.07, 6.45) is 0. The van der Waals surface area contributed by atoms with Crippen LogP contribution in [0.3, 0.4) is 0 Å². The van der Waals surface area contributed by atoms with Crippen LogP contribution in [0.1, 0.15) is 13.8 Å². The molecule has 0 bridgehead atoms. The molecular weight excluding hydrogens is 102 g/mol. The maximum Gasteiger partial charge on any atom is 0.197 e. The number of amidine groups is 2. The molecule has 0 saturated heterocycles. The molecule has 0 aromatic heterocycles. The van der Waals surface area contributed by atoms with E-state index in [4.69, 9.17) is 5.41 Å². The Hall–Kier alpha value is -0.700. The van der Waals surface area contributed by atoms with E-state index in [9.17, 15) is 0 Å². The van der Waals surface area contributed by atoms with Crippen molar-refractivity contribution in [3.8, 4) is 0 Å². The molecule has 0 unspecified atom stereocenters. The van der Waals surface area contributed by atoms with Gasteiger partial charge >= 0.3 is 0 Å². The zero-order valence-electron chi connectivity index (χ0n) is 5.52. The molecule has 8 heavy (non-hydrogen) atoms. The molecule has 0 fully saturated rings. The Morgan fingerprint density at radius 3 is 2.12 bits per heavy atom. The van der Waals surface area contributed by atoms with Crippen molar-refractivity contribution in [3.63, 3.8) is 0 Å². The van der Waals surface area contributed by atoms with Crippen molar-refractivity contribution >= 4 is 11.7 Å². The maximum absolute atomic E-state index is 6.92. The molecule has 0 amide bonds. The summed E-state index contributed by atoms with van der Waals surface area (Å²) in [6.45, 7) is 3.53. The van der Waals surface area contributed by atoms with Gasteiger partial charge in [0.2, 0.25) is 0 Å². The van der Waals surface area contributed by atoms with Crippen LogP contribution in [0.4, 0.5) is 0 Å². The van der Waals surface area contributed by atoms with Crippen LogP contribution in [0, 0.1) is 5.41 Å². The van der Waals surface area contributed by atoms with Gasteiger partial charge in [-0.3, -0.25) is 5.41 Å². The first kappa shape index (κ1) is 7.30. The molecule has 0 aliphatic heterocycles. The van der Waals surface area contributed by atoms with Crippen molar-refractivity contribution in [1.82, 2.24) is 0 Å². The predicted molar refractivity (Wildman–Crippen MR) is 34.4 cm³/mol. The van der Waals surface area contributed by atoms with Gasteiger partial charge in [-0.05, 0) is 6.92 Å². The highest BCUT2D eigenvalue weighted by Crippen LogP contribution is 1.69. The SMILES string of the molecule is C[NH2+]C(C)=NC(C)=N. The predicted octanol–water partition coefficient (Wildman–Crippen LogP) is -0.405. The molecule has 46 valence electrons. The van der Waals surface area contributed by atoms with Crippen molar-refractivity contribution in [3.05, 3.63) is 0 Å². The second kappa shape index (κ2) is 3.32. The van der Waals surface area contributed by atoms with Crippen LogP contribution in [0.5, 0.6) is 0 Å². The smallest absolute Gasteiger partial charge is 0.197 e. The van der Waals surface area contributed by atoms with Crippen LogP contribution in [0.2, 0.25) is 0 Å². The average molecular weight is 114 g/mol. The lowest BCUT2D eigenvalue weighted by Crippen LogP contribution is -2.83. The summed E-state index contributed by atoms with van der Waals surface area (Å²) in [5.74, 6) is 1.26. The first-order valence-electron chi connectivity index (χ1n) is 2.56. The molecule has 3 heteroatoms. The van der Waals surface area contributed by atoms with Crippen LogP contribution in [-0.2, 0) is 0 Å². The van der Waals surface area contributed by atoms with E-state index in [0.717, 1.165) is 5.84 Å². The summed E-state index contributed by atoms with van der Waals surface area (Å²) in [7, 11) is 1.90. The van der Waals surface area contributed by atoms with Gasteiger partial charge in [-0.25, -0.2) is 0 Å². The topological polar surface area (TPSA) is 52.8 Å². The number of hydrogen-bond donors (Lipinski definition) is 2. The highest BCUT2D eigenvalue weighted by atomic mass is 15.0. The monoisotopic (exact) mass is 114 g/mol. The van der Waals surface area contributed by atoms with Gasteiger partial charge in [-0.15, -0.1) is 0 Å². The Labute approximate surface area is 49.3 Å². The summed E-state index contributed by atoms with van der Waals surface area (Å²) < 4.78 is 0. The molecule has 3 nitrogen and oxygen atoms in total. The second-order valence-electron chi connectivity index (χ2n) is 1.63. The standard InChI is InChI=1S/C5H11N3/c1-4(6)8-5(2)7-3/h1-3H3,(H2,6,7,8)/p+1. The fourth-order valence-corrected chi connectivity index (χ4v) is 0.329. The third-order valence-electron chi connectivity index (χ3n) is 0.762. The number of nitrogens with two attached hydrogens (primary N) is 1. The van der Waals surface area contributed by atoms with E-state index in [0.29, 0.717) is 5.84 Å². The zero-order chi connectivity index (χ0) is 6.57. The molecule has 0 aromatic carbocycles. The summed E-state index contributed by atoms with van der Waals surface area (Å²) in [6, 6.07) is 0.